The molecule has 1 saturated heterocycles. The number of rotatable bonds is 7. The summed E-state index contributed by atoms with van der Waals surface area (Å²) in [4.78, 5) is 34.1. The zero-order valence-corrected chi connectivity index (χ0v) is 19.1. The lowest BCUT2D eigenvalue weighted by molar-refractivity contribution is -0.139. The topological polar surface area (TPSA) is 82.2 Å². The van der Waals surface area contributed by atoms with E-state index >= 15 is 0 Å². The maximum absolute atomic E-state index is 13.3. The highest BCUT2D eigenvalue weighted by Crippen LogP contribution is 2.23. The maximum Gasteiger partial charge on any atom is 0.275 e. The number of hydrogen-bond donors (Lipinski definition) is 1. The van der Waals surface area contributed by atoms with Crippen LogP contribution in [0, 0.1) is 0 Å². The van der Waals surface area contributed by atoms with Crippen LogP contribution in [0.1, 0.15) is 41.5 Å². The minimum atomic E-state index is -0.586. The Morgan fingerprint density at radius 2 is 1.85 bits per heavy atom. The SMILES string of the molecule is C=CCN1CCN(C(=O)c2cc(C(C)C)[nH]n2)[C@@H](Cc2ccc(-c3ccncc3)cc2)C1=O. The minimum Gasteiger partial charge on any atom is -0.335 e. The van der Waals surface area contributed by atoms with Gasteiger partial charge in [0.2, 0.25) is 5.91 Å². The summed E-state index contributed by atoms with van der Waals surface area (Å²) in [5.41, 5.74) is 4.41. The Bertz CT molecular complexity index is 1120. The van der Waals surface area contributed by atoms with Crippen LogP contribution in [0.5, 0.6) is 0 Å². The second kappa shape index (κ2) is 9.81. The zero-order chi connectivity index (χ0) is 23.4. The lowest BCUT2D eigenvalue weighted by Gasteiger charge is -2.40. The Morgan fingerprint density at radius 1 is 1.15 bits per heavy atom. The van der Waals surface area contributed by atoms with Crippen molar-refractivity contribution >= 4 is 11.8 Å². The molecule has 4 rings (SSSR count). The van der Waals surface area contributed by atoms with Crippen LogP contribution in [0.25, 0.3) is 11.1 Å². The molecule has 0 radical (unpaired) electrons. The molecule has 1 atom stereocenters. The van der Waals surface area contributed by atoms with Gasteiger partial charge in [-0.1, -0.05) is 44.2 Å². The maximum atomic E-state index is 13.3. The number of carbonyl (C=O) groups is 2. The molecule has 33 heavy (non-hydrogen) atoms. The molecule has 1 N–H and O–H groups in total. The first-order valence-corrected chi connectivity index (χ1v) is 11.2. The van der Waals surface area contributed by atoms with Crippen molar-refractivity contribution in [3.8, 4) is 11.1 Å². The molecule has 0 unspecified atom stereocenters. The standard InChI is InChI=1S/C26H29N5O2/c1-4-13-30-14-15-31(25(32)23-17-22(18(2)3)28-29-23)24(26(30)33)16-19-5-7-20(8-6-19)21-9-11-27-12-10-21/h4-12,17-18,24H,1,13-16H2,2-3H3,(H,28,29)/t24-/m0/s1. The molecule has 2 aromatic heterocycles. The minimum absolute atomic E-state index is 0.0627. The van der Waals surface area contributed by atoms with E-state index in [9.17, 15) is 9.59 Å². The fourth-order valence-electron chi connectivity index (χ4n) is 4.11. The Labute approximate surface area is 194 Å². The normalized spacial score (nSPS) is 16.3. The van der Waals surface area contributed by atoms with Crippen LogP contribution in [0.3, 0.4) is 0 Å². The Hall–Kier alpha value is -3.74. The predicted octanol–water partition coefficient (Wildman–Crippen LogP) is 3.68. The fraction of sp³-hybridized carbons (Fsp3) is 0.308. The van der Waals surface area contributed by atoms with Gasteiger partial charge in [0.25, 0.3) is 5.91 Å². The van der Waals surface area contributed by atoms with Gasteiger partial charge in [0, 0.05) is 44.1 Å². The number of nitrogens with one attached hydrogen (secondary N) is 1. The second-order valence-corrected chi connectivity index (χ2v) is 8.59. The fourth-order valence-corrected chi connectivity index (χ4v) is 4.11. The van der Waals surface area contributed by atoms with Gasteiger partial charge in [-0.25, -0.2) is 0 Å². The van der Waals surface area contributed by atoms with E-state index in [1.54, 1.807) is 34.3 Å². The molecule has 7 nitrogen and oxygen atoms in total. The van der Waals surface area contributed by atoms with Crippen molar-refractivity contribution in [1.29, 1.82) is 0 Å². The van der Waals surface area contributed by atoms with E-state index in [2.05, 4.69) is 21.8 Å². The quantitative estimate of drug-likeness (QED) is 0.565. The van der Waals surface area contributed by atoms with E-state index in [1.807, 2.05) is 50.2 Å². The number of amides is 2. The van der Waals surface area contributed by atoms with E-state index in [1.165, 1.54) is 0 Å². The molecular weight excluding hydrogens is 414 g/mol. The summed E-state index contributed by atoms with van der Waals surface area (Å²) in [7, 11) is 0. The zero-order valence-electron chi connectivity index (χ0n) is 19.1. The van der Waals surface area contributed by atoms with Gasteiger partial charge >= 0.3 is 0 Å². The van der Waals surface area contributed by atoms with Crippen molar-refractivity contribution < 1.29 is 9.59 Å². The summed E-state index contributed by atoms with van der Waals surface area (Å²) >= 11 is 0. The van der Waals surface area contributed by atoms with Gasteiger partial charge in [-0.05, 0) is 40.8 Å². The number of piperazine rings is 1. The molecule has 170 valence electrons. The third kappa shape index (κ3) is 4.87. The lowest BCUT2D eigenvalue weighted by Crippen LogP contribution is -2.59. The molecule has 1 fully saturated rings. The highest BCUT2D eigenvalue weighted by atomic mass is 16.2. The first kappa shape index (κ1) is 22.5. The molecule has 1 aliphatic rings. The molecule has 3 aromatic rings. The molecule has 0 bridgehead atoms. The average Bonchev–Trinajstić information content (AvgIpc) is 3.33. The predicted molar refractivity (Wildman–Crippen MR) is 128 cm³/mol. The largest absolute Gasteiger partial charge is 0.335 e. The number of hydrogen-bond acceptors (Lipinski definition) is 4. The molecule has 7 heteroatoms. The van der Waals surface area contributed by atoms with Crippen LogP contribution >= 0.6 is 0 Å². The Balaban J connectivity index is 1.58. The van der Waals surface area contributed by atoms with Crippen molar-refractivity contribution in [2.75, 3.05) is 19.6 Å². The molecule has 3 heterocycles. The summed E-state index contributed by atoms with van der Waals surface area (Å²) < 4.78 is 0. The first-order chi connectivity index (χ1) is 16.0. The van der Waals surface area contributed by atoms with E-state index in [4.69, 9.17) is 0 Å². The van der Waals surface area contributed by atoms with Crippen LogP contribution in [0.4, 0.5) is 0 Å². The summed E-state index contributed by atoms with van der Waals surface area (Å²) in [5, 5.41) is 7.16. The van der Waals surface area contributed by atoms with Crippen molar-refractivity contribution in [1.82, 2.24) is 25.0 Å². The smallest absolute Gasteiger partial charge is 0.275 e. The molecular formula is C26H29N5O2. The van der Waals surface area contributed by atoms with E-state index in [0.717, 1.165) is 22.4 Å². The highest BCUT2D eigenvalue weighted by molar-refractivity contribution is 5.97. The Kier molecular flexibility index (Phi) is 6.68. The molecule has 0 aliphatic carbocycles. The van der Waals surface area contributed by atoms with Gasteiger partial charge in [0.15, 0.2) is 0 Å². The number of carbonyl (C=O) groups excluding carboxylic acids is 2. The number of aromatic nitrogens is 3. The third-order valence-electron chi connectivity index (χ3n) is 6.03. The Morgan fingerprint density at radius 3 is 2.48 bits per heavy atom. The van der Waals surface area contributed by atoms with Gasteiger partial charge in [-0.2, -0.15) is 5.10 Å². The van der Waals surface area contributed by atoms with E-state index < -0.39 is 6.04 Å². The van der Waals surface area contributed by atoms with Crippen LogP contribution in [-0.4, -0.2) is 62.5 Å². The summed E-state index contributed by atoms with van der Waals surface area (Å²) in [6.45, 7) is 9.26. The number of pyridine rings is 1. The second-order valence-electron chi connectivity index (χ2n) is 8.59. The van der Waals surface area contributed by atoms with E-state index in [0.29, 0.717) is 31.7 Å². The van der Waals surface area contributed by atoms with Gasteiger partial charge in [0.1, 0.15) is 11.7 Å². The summed E-state index contributed by atoms with van der Waals surface area (Å²) in [6, 6.07) is 13.2. The van der Waals surface area contributed by atoms with Crippen molar-refractivity contribution in [2.45, 2.75) is 32.2 Å². The monoisotopic (exact) mass is 443 g/mol. The van der Waals surface area contributed by atoms with Crippen molar-refractivity contribution in [3.63, 3.8) is 0 Å². The van der Waals surface area contributed by atoms with Gasteiger partial charge in [0.05, 0.1) is 0 Å². The first-order valence-electron chi connectivity index (χ1n) is 11.2. The van der Waals surface area contributed by atoms with Crippen LogP contribution in [-0.2, 0) is 11.2 Å². The molecule has 0 saturated carbocycles. The molecule has 0 spiro atoms. The number of H-pyrrole nitrogens is 1. The van der Waals surface area contributed by atoms with Crippen molar-refractivity contribution in [2.24, 2.45) is 0 Å². The van der Waals surface area contributed by atoms with Crippen molar-refractivity contribution in [3.05, 3.63) is 84.5 Å². The summed E-state index contributed by atoms with van der Waals surface area (Å²) in [5.74, 6) is -0.0460. The molecule has 1 aromatic carbocycles. The number of nitrogens with zero attached hydrogens (tertiary/aromatic N) is 4. The number of aromatic amines is 1. The van der Waals surface area contributed by atoms with Gasteiger partial charge in [-0.3, -0.25) is 19.7 Å². The van der Waals surface area contributed by atoms with Crippen LogP contribution in [0.15, 0.2) is 67.5 Å². The van der Waals surface area contributed by atoms with Gasteiger partial charge < -0.3 is 9.80 Å². The molecule has 2 amide bonds. The third-order valence-corrected chi connectivity index (χ3v) is 6.03. The summed E-state index contributed by atoms with van der Waals surface area (Å²) in [6.07, 6.45) is 5.69. The lowest BCUT2D eigenvalue weighted by atomic mass is 9.98. The van der Waals surface area contributed by atoms with Crippen LogP contribution in [0.2, 0.25) is 0 Å². The van der Waals surface area contributed by atoms with Gasteiger partial charge in [-0.15, -0.1) is 6.58 Å². The van der Waals surface area contributed by atoms with E-state index in [-0.39, 0.29) is 17.7 Å². The average molecular weight is 444 g/mol. The number of benzene rings is 1. The van der Waals surface area contributed by atoms with Crippen LogP contribution < -0.4 is 0 Å². The highest BCUT2D eigenvalue weighted by Gasteiger charge is 2.38. The molecule has 1 aliphatic heterocycles.